The third kappa shape index (κ3) is 4.81. The molecule has 10 heteroatoms. The molecule has 0 fully saturated rings. The maximum absolute atomic E-state index is 13.4. The van der Waals surface area contributed by atoms with Crippen molar-refractivity contribution in [2.75, 3.05) is 11.9 Å². The van der Waals surface area contributed by atoms with E-state index in [9.17, 15) is 14.0 Å². The van der Waals surface area contributed by atoms with E-state index in [4.69, 9.17) is 10.5 Å². The lowest BCUT2D eigenvalue weighted by molar-refractivity contribution is -0.118. The van der Waals surface area contributed by atoms with Gasteiger partial charge in [-0.2, -0.15) is 0 Å². The predicted molar refractivity (Wildman–Crippen MR) is 118 cm³/mol. The summed E-state index contributed by atoms with van der Waals surface area (Å²) in [5.41, 5.74) is 6.10. The smallest absolute Gasteiger partial charge is 0.295 e. The minimum Gasteiger partial charge on any atom is -0.491 e. The van der Waals surface area contributed by atoms with Gasteiger partial charge in [0.15, 0.2) is 5.82 Å². The van der Waals surface area contributed by atoms with Gasteiger partial charge in [0.2, 0.25) is 11.7 Å². The summed E-state index contributed by atoms with van der Waals surface area (Å²) >= 11 is 1.44. The highest BCUT2D eigenvalue weighted by Crippen LogP contribution is 2.27. The van der Waals surface area contributed by atoms with Crippen LogP contribution in [0.4, 0.5) is 10.1 Å². The fourth-order valence-corrected chi connectivity index (χ4v) is 3.57. The van der Waals surface area contributed by atoms with Crippen LogP contribution in [0.5, 0.6) is 5.75 Å². The summed E-state index contributed by atoms with van der Waals surface area (Å²) in [7, 11) is 0. The molecule has 3 N–H and O–H groups in total. The summed E-state index contributed by atoms with van der Waals surface area (Å²) in [5, 5.41) is 8.98. The molecule has 162 valence electrons. The van der Waals surface area contributed by atoms with Gasteiger partial charge >= 0.3 is 0 Å². The summed E-state index contributed by atoms with van der Waals surface area (Å²) in [5.74, 6) is -0.624. The quantitative estimate of drug-likeness (QED) is 0.425. The summed E-state index contributed by atoms with van der Waals surface area (Å²) in [6.07, 6.45) is 0.0517. The number of benzene rings is 2. The number of ether oxygens (including phenoxy) is 1. The van der Waals surface area contributed by atoms with Crippen LogP contribution in [-0.2, 0) is 4.79 Å². The molecule has 4 rings (SSSR count). The number of amides is 2. The first-order valence-electron chi connectivity index (χ1n) is 9.59. The van der Waals surface area contributed by atoms with Gasteiger partial charge in [-0.15, -0.1) is 16.4 Å². The van der Waals surface area contributed by atoms with Crippen LogP contribution in [0.3, 0.4) is 0 Å². The lowest BCUT2D eigenvalue weighted by atomic mass is 10.3. The van der Waals surface area contributed by atoms with Crippen LogP contribution in [0.2, 0.25) is 0 Å². The number of thiophene rings is 1. The minimum absolute atomic E-state index is 0.0517. The molecule has 4 aromatic rings. The van der Waals surface area contributed by atoms with E-state index >= 15 is 0 Å². The van der Waals surface area contributed by atoms with Gasteiger partial charge in [0, 0.05) is 0 Å². The Labute approximate surface area is 186 Å². The Kier molecular flexibility index (Phi) is 6.22. The maximum atomic E-state index is 13.4. The number of hydrogen-bond acceptors (Lipinski definition) is 6. The molecule has 0 unspecified atom stereocenters. The molecule has 2 aromatic carbocycles. The average Bonchev–Trinajstić information content (AvgIpc) is 3.45. The zero-order chi connectivity index (χ0) is 22.5. The Balaban J connectivity index is 1.62. The minimum atomic E-state index is -0.547. The van der Waals surface area contributed by atoms with Gasteiger partial charge in [0.25, 0.3) is 5.91 Å². The van der Waals surface area contributed by atoms with Gasteiger partial charge in [-0.05, 0) is 47.8 Å². The number of carbonyl (C=O) groups is 2. The zero-order valence-electron chi connectivity index (χ0n) is 16.7. The molecule has 2 aromatic heterocycles. The number of nitrogens with two attached hydrogens (primary N) is 1. The van der Waals surface area contributed by atoms with Gasteiger partial charge in [-0.25, -0.2) is 14.1 Å². The van der Waals surface area contributed by atoms with Gasteiger partial charge in [0.05, 0.1) is 29.3 Å². The molecule has 0 aliphatic carbocycles. The number of primary amides is 1. The molecule has 0 bridgehead atoms. The van der Waals surface area contributed by atoms with E-state index in [1.54, 1.807) is 36.4 Å². The Morgan fingerprint density at radius 1 is 1.09 bits per heavy atom. The largest absolute Gasteiger partial charge is 0.491 e. The topological polar surface area (TPSA) is 112 Å². The van der Waals surface area contributed by atoms with Gasteiger partial charge in [-0.1, -0.05) is 18.2 Å². The first kappa shape index (κ1) is 21.2. The Morgan fingerprint density at radius 2 is 1.88 bits per heavy atom. The number of hydrogen-bond donors (Lipinski definition) is 2. The average molecular weight is 451 g/mol. The monoisotopic (exact) mass is 451 g/mol. The molecular formula is C22H18FN5O3S. The number of nitrogens with zero attached hydrogens (tertiary/aromatic N) is 3. The highest BCUT2D eigenvalue weighted by molar-refractivity contribution is 7.13. The third-order valence-electron chi connectivity index (χ3n) is 4.36. The second-order valence-corrected chi connectivity index (χ2v) is 7.59. The molecule has 0 atom stereocenters. The molecule has 0 aliphatic rings. The van der Waals surface area contributed by atoms with Crippen molar-refractivity contribution in [3.63, 3.8) is 0 Å². The first-order valence-corrected chi connectivity index (χ1v) is 10.5. The highest BCUT2D eigenvalue weighted by Gasteiger charge is 2.20. The molecule has 0 saturated heterocycles. The Hall–Kier alpha value is -4.05. The second kappa shape index (κ2) is 9.40. The molecular weight excluding hydrogens is 433 g/mol. The Morgan fingerprint density at radius 3 is 2.59 bits per heavy atom. The number of halogens is 1. The van der Waals surface area contributed by atoms with E-state index in [1.807, 2.05) is 17.5 Å². The van der Waals surface area contributed by atoms with Crippen LogP contribution in [0.25, 0.3) is 16.4 Å². The van der Waals surface area contributed by atoms with Crippen LogP contribution >= 0.6 is 11.3 Å². The van der Waals surface area contributed by atoms with E-state index in [0.717, 1.165) is 4.88 Å². The number of nitrogens with one attached hydrogen (secondary N) is 1. The fraction of sp³-hybridized carbons (Fsp3) is 0.0909. The fourth-order valence-electron chi connectivity index (χ4n) is 2.87. The number of aromatic nitrogens is 3. The highest BCUT2D eigenvalue weighted by atomic mass is 32.1. The molecule has 8 nitrogen and oxygen atoms in total. The van der Waals surface area contributed by atoms with Crippen molar-refractivity contribution in [1.29, 1.82) is 0 Å². The lowest BCUT2D eigenvalue weighted by Crippen LogP contribution is -2.17. The van der Waals surface area contributed by atoms with E-state index in [1.165, 1.54) is 28.2 Å². The molecule has 0 radical (unpaired) electrons. The summed E-state index contributed by atoms with van der Waals surface area (Å²) < 4.78 is 20.4. The van der Waals surface area contributed by atoms with Crippen molar-refractivity contribution in [2.24, 2.45) is 5.73 Å². The van der Waals surface area contributed by atoms with E-state index < -0.39 is 11.8 Å². The van der Waals surface area contributed by atoms with Gasteiger partial charge < -0.3 is 15.8 Å². The number of rotatable bonds is 8. The SMILES string of the molecule is NC(=O)CCOc1ccccc1NC(=O)c1nc(-c2cccs2)n(-c2ccc(F)cc2)n1. The summed E-state index contributed by atoms with van der Waals surface area (Å²) in [4.78, 5) is 29.1. The summed E-state index contributed by atoms with van der Waals surface area (Å²) in [6, 6.07) is 16.3. The molecule has 2 amide bonds. The van der Waals surface area contributed by atoms with Crippen LogP contribution < -0.4 is 15.8 Å². The van der Waals surface area contributed by atoms with Crippen LogP contribution in [0, 0.1) is 5.82 Å². The first-order chi connectivity index (χ1) is 15.5. The second-order valence-electron chi connectivity index (χ2n) is 6.64. The van der Waals surface area contributed by atoms with Crippen LogP contribution in [0.15, 0.2) is 66.0 Å². The van der Waals surface area contributed by atoms with Crippen LogP contribution in [0.1, 0.15) is 17.0 Å². The van der Waals surface area contributed by atoms with E-state index in [-0.39, 0.29) is 24.7 Å². The maximum Gasteiger partial charge on any atom is 0.295 e. The number of carbonyl (C=O) groups excluding carboxylic acids is 2. The predicted octanol–water partition coefficient (Wildman–Crippen LogP) is 3.64. The van der Waals surface area contributed by atoms with Crippen molar-refractivity contribution in [3.05, 3.63) is 77.7 Å². The third-order valence-corrected chi connectivity index (χ3v) is 5.23. The van der Waals surface area contributed by atoms with Crippen LogP contribution in [-0.4, -0.2) is 33.2 Å². The summed E-state index contributed by atoms with van der Waals surface area (Å²) in [6.45, 7) is 0.0855. The van der Waals surface area contributed by atoms with Gasteiger partial charge in [-0.3, -0.25) is 9.59 Å². The molecule has 0 saturated carbocycles. The molecule has 0 aliphatic heterocycles. The number of para-hydroxylation sites is 2. The molecule has 2 heterocycles. The van der Waals surface area contributed by atoms with Crippen molar-refractivity contribution in [3.8, 4) is 22.1 Å². The Bertz CT molecular complexity index is 1240. The van der Waals surface area contributed by atoms with E-state index in [2.05, 4.69) is 15.4 Å². The van der Waals surface area contributed by atoms with Crippen molar-refractivity contribution in [2.45, 2.75) is 6.42 Å². The van der Waals surface area contributed by atoms with E-state index in [0.29, 0.717) is 22.9 Å². The molecule has 0 spiro atoms. The number of anilines is 1. The molecule has 32 heavy (non-hydrogen) atoms. The van der Waals surface area contributed by atoms with Crippen molar-refractivity contribution in [1.82, 2.24) is 14.8 Å². The van der Waals surface area contributed by atoms with Crippen molar-refractivity contribution >= 4 is 28.8 Å². The van der Waals surface area contributed by atoms with Crippen molar-refractivity contribution < 1.29 is 18.7 Å². The zero-order valence-corrected chi connectivity index (χ0v) is 17.5. The normalized spacial score (nSPS) is 10.7. The van der Waals surface area contributed by atoms with Gasteiger partial charge in [0.1, 0.15) is 11.6 Å². The lowest BCUT2D eigenvalue weighted by Gasteiger charge is -2.11. The standard InChI is InChI=1S/C22H18FN5O3S/c23-14-7-9-15(10-8-14)28-21(18-6-3-13-32-18)26-20(27-28)22(30)25-16-4-1-2-5-17(16)31-12-11-19(24)29/h1-10,13H,11-12H2,(H2,24,29)(H,25,30).